The van der Waals surface area contributed by atoms with Crippen LogP contribution in [0, 0.1) is 0 Å². The van der Waals surface area contributed by atoms with Gasteiger partial charge in [0.25, 0.3) is 5.56 Å². The fraction of sp³-hybridized carbons (Fsp3) is 0.389. The molecule has 0 radical (unpaired) electrons. The van der Waals surface area contributed by atoms with Crippen molar-refractivity contribution in [3.8, 4) is 11.5 Å². The molecule has 0 unspecified atom stereocenters. The molecular weight excluding hydrogens is 386 g/mol. The molecule has 0 aliphatic carbocycles. The third-order valence-electron chi connectivity index (χ3n) is 4.22. The Kier molecular flexibility index (Phi) is 5.31. The summed E-state index contributed by atoms with van der Waals surface area (Å²) in [7, 11) is 0. The summed E-state index contributed by atoms with van der Waals surface area (Å²) in [6, 6.07) is 5.32. The minimum atomic E-state index is -0.163. The number of anilines is 1. The van der Waals surface area contributed by atoms with E-state index >= 15 is 0 Å². The molecule has 0 fully saturated rings. The van der Waals surface area contributed by atoms with Gasteiger partial charge in [0, 0.05) is 30.5 Å². The van der Waals surface area contributed by atoms with E-state index < -0.39 is 0 Å². The second-order valence-corrected chi connectivity index (χ2v) is 8.06. The van der Waals surface area contributed by atoms with E-state index in [0.29, 0.717) is 42.1 Å². The highest BCUT2D eigenvalue weighted by molar-refractivity contribution is 8.00. The number of carbonyl (C=O) groups excluding carboxylic acids is 1. The van der Waals surface area contributed by atoms with Crippen molar-refractivity contribution in [3.05, 3.63) is 34.2 Å². The second kappa shape index (κ2) is 7.85. The first-order valence-electron chi connectivity index (χ1n) is 8.74. The summed E-state index contributed by atoms with van der Waals surface area (Å²) < 4.78 is 12.6. The molecule has 2 aliphatic heterocycles. The molecule has 0 atom stereocenters. The smallest absolute Gasteiger partial charge is 0.268 e. The Hall–Kier alpha value is -2.13. The third kappa shape index (κ3) is 3.79. The third-order valence-corrected chi connectivity index (χ3v) is 6.31. The van der Waals surface area contributed by atoms with Gasteiger partial charge in [0.1, 0.15) is 13.2 Å². The molecule has 27 heavy (non-hydrogen) atoms. The van der Waals surface area contributed by atoms with Gasteiger partial charge < -0.3 is 14.8 Å². The molecule has 3 heterocycles. The topological polar surface area (TPSA) is 82.5 Å². The second-order valence-electron chi connectivity index (χ2n) is 6.01. The van der Waals surface area contributed by atoms with Crippen molar-refractivity contribution < 1.29 is 14.3 Å². The summed E-state index contributed by atoms with van der Waals surface area (Å²) in [4.78, 5) is 30.3. The largest absolute Gasteiger partial charge is 0.486 e. The van der Waals surface area contributed by atoms with Crippen LogP contribution in [0.5, 0.6) is 11.5 Å². The van der Waals surface area contributed by atoms with Crippen LogP contribution in [-0.2, 0) is 17.8 Å². The van der Waals surface area contributed by atoms with Gasteiger partial charge in [0.05, 0.1) is 16.3 Å². The van der Waals surface area contributed by atoms with Crippen molar-refractivity contribution in [2.45, 2.75) is 29.9 Å². The summed E-state index contributed by atoms with van der Waals surface area (Å²) >= 11 is 2.85. The number of carbonyl (C=O) groups is 1. The number of benzene rings is 1. The van der Waals surface area contributed by atoms with E-state index in [1.54, 1.807) is 34.5 Å². The number of hydrogen-bond donors (Lipinski definition) is 1. The van der Waals surface area contributed by atoms with Gasteiger partial charge >= 0.3 is 0 Å². The Balaban J connectivity index is 1.44. The summed E-state index contributed by atoms with van der Waals surface area (Å²) in [5.74, 6) is 2.21. The van der Waals surface area contributed by atoms with Crippen molar-refractivity contribution in [2.24, 2.45) is 0 Å². The maximum atomic E-state index is 12.5. The first-order valence-corrected chi connectivity index (χ1v) is 10.7. The minimum Gasteiger partial charge on any atom is -0.486 e. The van der Waals surface area contributed by atoms with Crippen LogP contribution in [0.15, 0.2) is 33.0 Å². The van der Waals surface area contributed by atoms with Gasteiger partial charge in [-0.3, -0.25) is 14.2 Å². The number of ether oxygens (including phenoxy) is 2. The molecule has 9 heteroatoms. The molecule has 1 aromatic carbocycles. The van der Waals surface area contributed by atoms with Crippen LogP contribution in [0.3, 0.4) is 0 Å². The van der Waals surface area contributed by atoms with E-state index in [0.717, 1.165) is 22.8 Å². The maximum absolute atomic E-state index is 12.5. The van der Waals surface area contributed by atoms with Crippen LogP contribution < -0.4 is 20.3 Å². The number of nitrogens with zero attached hydrogens (tertiary/aromatic N) is 2. The number of aromatic nitrogens is 2. The Bertz CT molecular complexity index is 945. The highest BCUT2D eigenvalue weighted by Crippen LogP contribution is 2.33. The maximum Gasteiger partial charge on any atom is 0.268 e. The fourth-order valence-electron chi connectivity index (χ4n) is 2.96. The quantitative estimate of drug-likeness (QED) is 0.604. The molecule has 0 saturated carbocycles. The van der Waals surface area contributed by atoms with Gasteiger partial charge in [-0.2, -0.15) is 0 Å². The predicted octanol–water partition coefficient (Wildman–Crippen LogP) is 2.41. The average molecular weight is 406 g/mol. The normalized spacial score (nSPS) is 14.7. The SMILES string of the molecule is CCn1c(SCC(=O)Nc2ccc3c(c2)OCCO3)nc2c(c1=O)SCC2. The molecule has 0 bridgehead atoms. The van der Waals surface area contributed by atoms with Crippen LogP contribution >= 0.6 is 23.5 Å². The van der Waals surface area contributed by atoms with Gasteiger partial charge in [0.15, 0.2) is 16.7 Å². The first-order chi connectivity index (χ1) is 13.2. The zero-order valence-electron chi connectivity index (χ0n) is 14.8. The summed E-state index contributed by atoms with van der Waals surface area (Å²) in [6.07, 6.45) is 0.802. The number of rotatable bonds is 5. The van der Waals surface area contributed by atoms with E-state index in [-0.39, 0.29) is 17.2 Å². The van der Waals surface area contributed by atoms with Crippen LogP contribution in [0.4, 0.5) is 5.69 Å². The zero-order valence-corrected chi connectivity index (χ0v) is 16.5. The Morgan fingerprint density at radius 3 is 2.96 bits per heavy atom. The number of nitrogens with one attached hydrogen (secondary N) is 1. The van der Waals surface area contributed by atoms with Crippen molar-refractivity contribution in [2.75, 3.05) is 30.0 Å². The lowest BCUT2D eigenvalue weighted by Crippen LogP contribution is -2.25. The van der Waals surface area contributed by atoms with Crippen molar-refractivity contribution >= 4 is 35.1 Å². The summed E-state index contributed by atoms with van der Waals surface area (Å²) in [6.45, 7) is 3.47. The van der Waals surface area contributed by atoms with Gasteiger partial charge in [-0.05, 0) is 19.1 Å². The number of aryl methyl sites for hydroxylation is 1. The highest BCUT2D eigenvalue weighted by atomic mass is 32.2. The minimum absolute atomic E-state index is 0.000237. The number of thioether (sulfide) groups is 2. The van der Waals surface area contributed by atoms with E-state index in [2.05, 4.69) is 10.3 Å². The molecule has 1 aromatic heterocycles. The van der Waals surface area contributed by atoms with Crippen LogP contribution in [0.1, 0.15) is 12.6 Å². The molecule has 2 aromatic rings. The first kappa shape index (κ1) is 18.2. The lowest BCUT2D eigenvalue weighted by Gasteiger charge is -2.19. The summed E-state index contributed by atoms with van der Waals surface area (Å²) in [5, 5.41) is 3.45. The summed E-state index contributed by atoms with van der Waals surface area (Å²) in [5.41, 5.74) is 1.50. The van der Waals surface area contributed by atoms with Crippen molar-refractivity contribution in [1.82, 2.24) is 9.55 Å². The predicted molar refractivity (Wildman–Crippen MR) is 105 cm³/mol. The van der Waals surface area contributed by atoms with E-state index in [1.165, 1.54) is 11.8 Å². The highest BCUT2D eigenvalue weighted by Gasteiger charge is 2.21. The van der Waals surface area contributed by atoms with Crippen LogP contribution in [0.2, 0.25) is 0 Å². The molecule has 0 saturated heterocycles. The Morgan fingerprint density at radius 1 is 1.33 bits per heavy atom. The standard InChI is InChI=1S/C18H19N3O4S2/c1-2-21-17(23)16-12(5-8-26-16)20-18(21)27-10-15(22)19-11-3-4-13-14(9-11)25-7-6-24-13/h3-4,9H,2,5-8,10H2,1H3,(H,19,22). The van der Waals surface area contributed by atoms with Gasteiger partial charge in [-0.1, -0.05) is 11.8 Å². The van der Waals surface area contributed by atoms with Crippen molar-refractivity contribution in [3.63, 3.8) is 0 Å². The average Bonchev–Trinajstić information content (AvgIpc) is 3.15. The van der Waals surface area contributed by atoms with Gasteiger partial charge in [0.2, 0.25) is 5.91 Å². The molecule has 1 amide bonds. The van der Waals surface area contributed by atoms with E-state index in [1.807, 2.05) is 6.92 Å². The molecule has 2 aliphatic rings. The molecular formula is C18H19N3O4S2. The monoisotopic (exact) mass is 405 g/mol. The van der Waals surface area contributed by atoms with E-state index in [4.69, 9.17) is 9.47 Å². The zero-order chi connectivity index (χ0) is 18.8. The number of amides is 1. The molecule has 1 N–H and O–H groups in total. The van der Waals surface area contributed by atoms with Gasteiger partial charge in [-0.25, -0.2) is 4.98 Å². The molecule has 4 rings (SSSR count). The lowest BCUT2D eigenvalue weighted by atomic mass is 10.2. The lowest BCUT2D eigenvalue weighted by molar-refractivity contribution is -0.113. The number of fused-ring (bicyclic) bond motifs is 2. The van der Waals surface area contributed by atoms with Crippen molar-refractivity contribution in [1.29, 1.82) is 0 Å². The van der Waals surface area contributed by atoms with E-state index in [9.17, 15) is 9.59 Å². The number of hydrogen-bond acceptors (Lipinski definition) is 7. The molecule has 7 nitrogen and oxygen atoms in total. The Labute approximate surface area is 164 Å². The fourth-order valence-corrected chi connectivity index (χ4v) is 4.88. The molecule has 142 valence electrons. The van der Waals surface area contributed by atoms with Crippen LogP contribution in [0.25, 0.3) is 0 Å². The Morgan fingerprint density at radius 2 is 2.15 bits per heavy atom. The van der Waals surface area contributed by atoms with Gasteiger partial charge in [-0.15, -0.1) is 11.8 Å². The molecule has 0 spiro atoms. The van der Waals surface area contributed by atoms with Crippen LogP contribution in [-0.4, -0.2) is 40.2 Å².